The van der Waals surface area contributed by atoms with E-state index in [-0.39, 0.29) is 0 Å². The molecule has 0 fully saturated rings. The summed E-state index contributed by atoms with van der Waals surface area (Å²) >= 11 is 1.77. The smallest absolute Gasteiger partial charge is 0.0406 e. The number of rotatable bonds is 4. The minimum atomic E-state index is 0.885. The highest BCUT2D eigenvalue weighted by Crippen LogP contribution is 2.21. The van der Waals surface area contributed by atoms with Crippen molar-refractivity contribution >= 4 is 17.4 Å². The molecule has 2 aromatic carbocycles. The lowest BCUT2D eigenvalue weighted by Gasteiger charge is -2.13. The van der Waals surface area contributed by atoms with Gasteiger partial charge in [-0.15, -0.1) is 11.8 Å². The first-order chi connectivity index (χ1) is 9.10. The van der Waals surface area contributed by atoms with Crippen LogP contribution in [0.15, 0.2) is 41.3 Å². The van der Waals surface area contributed by atoms with Gasteiger partial charge in [-0.1, -0.05) is 23.8 Å². The average molecular weight is 271 g/mol. The lowest BCUT2D eigenvalue weighted by Crippen LogP contribution is -2.04. The maximum atomic E-state index is 3.52. The summed E-state index contributed by atoms with van der Waals surface area (Å²) in [5, 5.41) is 3.52. The van der Waals surface area contributed by atoms with Crippen molar-refractivity contribution in [2.45, 2.75) is 32.2 Å². The van der Waals surface area contributed by atoms with E-state index >= 15 is 0 Å². The molecule has 0 saturated heterocycles. The fourth-order valence-electron chi connectivity index (χ4n) is 2.41. The first-order valence-electron chi connectivity index (χ1n) is 6.55. The van der Waals surface area contributed by atoms with Gasteiger partial charge in [0.2, 0.25) is 0 Å². The molecule has 1 N–H and O–H groups in total. The van der Waals surface area contributed by atoms with Crippen molar-refractivity contribution < 1.29 is 0 Å². The number of thioether (sulfide) groups is 1. The minimum absolute atomic E-state index is 0.885. The fourth-order valence-corrected chi connectivity index (χ4v) is 2.87. The van der Waals surface area contributed by atoms with Crippen molar-refractivity contribution in [3.8, 4) is 0 Å². The summed E-state index contributed by atoms with van der Waals surface area (Å²) in [5.41, 5.74) is 6.66. The van der Waals surface area contributed by atoms with Crippen LogP contribution in [0.25, 0.3) is 0 Å². The van der Waals surface area contributed by atoms with Crippen molar-refractivity contribution in [2.24, 2.45) is 0 Å². The van der Waals surface area contributed by atoms with Crippen LogP contribution in [-0.2, 0) is 6.54 Å². The van der Waals surface area contributed by atoms with Crippen LogP contribution in [-0.4, -0.2) is 6.26 Å². The van der Waals surface area contributed by atoms with Gasteiger partial charge in [-0.2, -0.15) is 0 Å². The Balaban J connectivity index is 2.14. The molecular weight excluding hydrogens is 250 g/mol. The van der Waals surface area contributed by atoms with Gasteiger partial charge < -0.3 is 5.32 Å². The fraction of sp³-hybridized carbons (Fsp3) is 0.294. The average Bonchev–Trinajstić information content (AvgIpc) is 2.37. The Morgan fingerprint density at radius 3 is 2.32 bits per heavy atom. The van der Waals surface area contributed by atoms with E-state index in [1.165, 1.54) is 32.8 Å². The Labute approximate surface area is 120 Å². The second-order valence-corrected chi connectivity index (χ2v) is 5.84. The molecule has 2 aromatic rings. The number of hydrogen-bond donors (Lipinski definition) is 1. The molecular formula is C17H21NS. The predicted molar refractivity (Wildman–Crippen MR) is 86.2 cm³/mol. The Bertz CT molecular complexity index is 552. The molecule has 0 heterocycles. The first kappa shape index (κ1) is 14.0. The highest BCUT2D eigenvalue weighted by atomic mass is 32.2. The zero-order chi connectivity index (χ0) is 13.8. The third-order valence-electron chi connectivity index (χ3n) is 3.38. The Morgan fingerprint density at radius 2 is 1.68 bits per heavy atom. The second kappa shape index (κ2) is 6.16. The Kier molecular flexibility index (Phi) is 4.54. The van der Waals surface area contributed by atoms with E-state index in [0.717, 1.165) is 6.54 Å². The van der Waals surface area contributed by atoms with Crippen molar-refractivity contribution in [1.82, 2.24) is 0 Å². The van der Waals surface area contributed by atoms with Crippen LogP contribution in [0.4, 0.5) is 5.69 Å². The SMILES string of the molecule is CSc1cccc(NCc2c(C)cc(C)cc2C)c1. The van der Waals surface area contributed by atoms with Crippen LogP contribution in [0.3, 0.4) is 0 Å². The standard InChI is InChI=1S/C17H21NS/c1-12-8-13(2)17(14(3)9-12)11-18-15-6-5-7-16(10-15)19-4/h5-10,18H,11H2,1-4H3. The van der Waals surface area contributed by atoms with Gasteiger partial charge in [0.05, 0.1) is 0 Å². The zero-order valence-electron chi connectivity index (χ0n) is 12.1. The van der Waals surface area contributed by atoms with Gasteiger partial charge in [0.25, 0.3) is 0 Å². The Morgan fingerprint density at radius 1 is 1.00 bits per heavy atom. The minimum Gasteiger partial charge on any atom is -0.381 e. The molecule has 0 bridgehead atoms. The monoisotopic (exact) mass is 271 g/mol. The molecule has 0 unspecified atom stereocenters. The van der Waals surface area contributed by atoms with Crippen molar-refractivity contribution in [1.29, 1.82) is 0 Å². The van der Waals surface area contributed by atoms with Crippen LogP contribution < -0.4 is 5.32 Å². The molecule has 0 aliphatic rings. The van der Waals surface area contributed by atoms with Gasteiger partial charge in [0.1, 0.15) is 0 Å². The van der Waals surface area contributed by atoms with E-state index in [1.54, 1.807) is 11.8 Å². The van der Waals surface area contributed by atoms with Crippen molar-refractivity contribution in [3.05, 3.63) is 58.7 Å². The van der Waals surface area contributed by atoms with Crippen molar-refractivity contribution in [3.63, 3.8) is 0 Å². The van der Waals surface area contributed by atoms with E-state index in [4.69, 9.17) is 0 Å². The third-order valence-corrected chi connectivity index (χ3v) is 4.10. The molecule has 0 atom stereocenters. The summed E-state index contributed by atoms with van der Waals surface area (Å²) in [7, 11) is 0. The predicted octanol–water partition coefficient (Wildman–Crippen LogP) is 4.95. The molecule has 0 aromatic heterocycles. The lowest BCUT2D eigenvalue weighted by atomic mass is 10.00. The van der Waals surface area contributed by atoms with Gasteiger partial charge >= 0.3 is 0 Å². The molecule has 0 amide bonds. The van der Waals surface area contributed by atoms with E-state index in [0.29, 0.717) is 0 Å². The van der Waals surface area contributed by atoms with Crippen LogP contribution in [0.5, 0.6) is 0 Å². The Hall–Kier alpha value is -1.41. The van der Waals surface area contributed by atoms with Gasteiger partial charge in [-0.25, -0.2) is 0 Å². The number of anilines is 1. The number of aryl methyl sites for hydroxylation is 3. The van der Waals surface area contributed by atoms with Crippen LogP contribution in [0.1, 0.15) is 22.3 Å². The summed E-state index contributed by atoms with van der Waals surface area (Å²) in [5.74, 6) is 0. The molecule has 1 nitrogen and oxygen atoms in total. The summed E-state index contributed by atoms with van der Waals surface area (Å²) < 4.78 is 0. The zero-order valence-corrected chi connectivity index (χ0v) is 12.9. The molecule has 2 rings (SSSR count). The summed E-state index contributed by atoms with van der Waals surface area (Å²) in [4.78, 5) is 1.29. The topological polar surface area (TPSA) is 12.0 Å². The maximum Gasteiger partial charge on any atom is 0.0406 e. The van der Waals surface area contributed by atoms with E-state index < -0.39 is 0 Å². The normalized spacial score (nSPS) is 10.5. The summed E-state index contributed by atoms with van der Waals surface area (Å²) in [6.07, 6.45) is 2.10. The molecule has 0 saturated carbocycles. The number of nitrogens with one attached hydrogen (secondary N) is 1. The van der Waals surface area contributed by atoms with Crippen molar-refractivity contribution in [2.75, 3.05) is 11.6 Å². The molecule has 0 aliphatic heterocycles. The quantitative estimate of drug-likeness (QED) is 0.790. The van der Waals surface area contributed by atoms with Gasteiger partial charge in [-0.3, -0.25) is 0 Å². The van der Waals surface area contributed by atoms with E-state index in [9.17, 15) is 0 Å². The number of hydrogen-bond acceptors (Lipinski definition) is 2. The molecule has 0 aliphatic carbocycles. The lowest BCUT2D eigenvalue weighted by molar-refractivity contribution is 1.08. The van der Waals surface area contributed by atoms with Gasteiger partial charge in [0, 0.05) is 17.1 Å². The highest BCUT2D eigenvalue weighted by Gasteiger charge is 2.04. The molecule has 2 heteroatoms. The highest BCUT2D eigenvalue weighted by molar-refractivity contribution is 7.98. The molecule has 100 valence electrons. The second-order valence-electron chi connectivity index (χ2n) is 4.96. The molecule has 0 radical (unpaired) electrons. The van der Waals surface area contributed by atoms with Crippen LogP contribution in [0, 0.1) is 20.8 Å². The molecule has 19 heavy (non-hydrogen) atoms. The van der Waals surface area contributed by atoms with Gasteiger partial charge in [0.15, 0.2) is 0 Å². The molecule has 0 spiro atoms. The third kappa shape index (κ3) is 3.54. The first-order valence-corrected chi connectivity index (χ1v) is 7.77. The summed E-state index contributed by atoms with van der Waals surface area (Å²) in [6, 6.07) is 13.1. The van der Waals surface area contributed by atoms with Crippen LogP contribution in [0.2, 0.25) is 0 Å². The number of benzene rings is 2. The van der Waals surface area contributed by atoms with Crippen LogP contribution >= 0.6 is 11.8 Å². The van der Waals surface area contributed by atoms with E-state index in [2.05, 4.69) is 68.7 Å². The summed E-state index contributed by atoms with van der Waals surface area (Å²) in [6.45, 7) is 7.42. The van der Waals surface area contributed by atoms with Gasteiger partial charge in [-0.05, 0) is 61.9 Å². The maximum absolute atomic E-state index is 3.52. The van der Waals surface area contributed by atoms with E-state index in [1.807, 2.05) is 0 Å². The largest absolute Gasteiger partial charge is 0.381 e.